The van der Waals surface area contributed by atoms with Crippen LogP contribution in [0, 0.1) is 5.92 Å². The molecule has 1 atom stereocenters. The van der Waals surface area contributed by atoms with E-state index in [1.54, 1.807) is 0 Å². The van der Waals surface area contributed by atoms with Gasteiger partial charge in [0, 0.05) is 19.0 Å². The van der Waals surface area contributed by atoms with Gasteiger partial charge < -0.3 is 5.32 Å². The number of alkyl halides is 1. The molecule has 1 aliphatic heterocycles. The van der Waals surface area contributed by atoms with Gasteiger partial charge in [-0.25, -0.2) is 4.39 Å². The van der Waals surface area contributed by atoms with Crippen LogP contribution in [0.4, 0.5) is 4.39 Å². The molecule has 2 heteroatoms. The van der Waals surface area contributed by atoms with Gasteiger partial charge in [0.25, 0.3) is 0 Å². The molecule has 1 saturated heterocycles. The minimum atomic E-state index is -0.545. The lowest BCUT2D eigenvalue weighted by Crippen LogP contribution is -2.47. The van der Waals surface area contributed by atoms with E-state index in [2.05, 4.69) is 5.32 Å². The summed E-state index contributed by atoms with van der Waals surface area (Å²) in [4.78, 5) is 0. The molecule has 1 rings (SSSR count). The van der Waals surface area contributed by atoms with Crippen LogP contribution in [0.1, 0.15) is 19.8 Å². The van der Waals surface area contributed by atoms with Gasteiger partial charge in [-0.1, -0.05) is 13.3 Å². The van der Waals surface area contributed by atoms with Crippen LogP contribution in [0.5, 0.6) is 0 Å². The molecule has 1 fully saturated rings. The molecule has 0 aromatic heterocycles. The Hall–Kier alpha value is -0.110. The Morgan fingerprint density at radius 3 is 2.67 bits per heavy atom. The predicted octanol–water partition coefficient (Wildman–Crippen LogP) is 1.34. The van der Waals surface area contributed by atoms with Crippen molar-refractivity contribution in [3.63, 3.8) is 0 Å². The quantitative estimate of drug-likeness (QED) is 0.609. The molecule has 0 saturated carbocycles. The lowest BCUT2D eigenvalue weighted by Gasteiger charge is -2.29. The molecule has 0 radical (unpaired) electrons. The topological polar surface area (TPSA) is 12.0 Å². The highest BCUT2D eigenvalue weighted by atomic mass is 19.1. The van der Waals surface area contributed by atoms with Crippen LogP contribution in [0.25, 0.3) is 0 Å². The molecular formula is C7H14FN. The van der Waals surface area contributed by atoms with Gasteiger partial charge in [-0.15, -0.1) is 0 Å². The molecule has 1 nitrogen and oxygen atoms in total. The number of halogens is 1. The fourth-order valence-corrected chi connectivity index (χ4v) is 1.08. The third kappa shape index (κ3) is 1.65. The summed E-state index contributed by atoms with van der Waals surface area (Å²) in [7, 11) is 0. The minimum absolute atomic E-state index is 0.324. The molecule has 0 amide bonds. The maximum atomic E-state index is 12.8. The number of hydrogen-bond donors (Lipinski definition) is 1. The van der Waals surface area contributed by atoms with Crippen molar-refractivity contribution >= 4 is 0 Å². The Balaban J connectivity index is 2.08. The molecule has 0 aromatic carbocycles. The normalized spacial score (nSPS) is 23.3. The Bertz CT molecular complexity index is 81.0. The first kappa shape index (κ1) is 7.00. The van der Waals surface area contributed by atoms with Crippen LogP contribution in [0.3, 0.4) is 0 Å². The van der Waals surface area contributed by atoms with E-state index < -0.39 is 6.17 Å². The van der Waals surface area contributed by atoms with E-state index in [4.69, 9.17) is 0 Å². The third-order valence-electron chi connectivity index (χ3n) is 1.89. The van der Waals surface area contributed by atoms with Crippen LogP contribution in [0.15, 0.2) is 0 Å². The first-order valence-electron chi connectivity index (χ1n) is 3.69. The molecule has 0 aromatic rings. The predicted molar refractivity (Wildman–Crippen MR) is 36.2 cm³/mol. The maximum Gasteiger partial charge on any atom is 0.105 e. The molecule has 9 heavy (non-hydrogen) atoms. The van der Waals surface area contributed by atoms with E-state index in [0.717, 1.165) is 25.9 Å². The number of nitrogens with one attached hydrogen (secondary N) is 1. The van der Waals surface area contributed by atoms with Crippen LogP contribution >= 0.6 is 0 Å². The average Bonchev–Trinajstić information content (AvgIpc) is 1.60. The summed E-state index contributed by atoms with van der Waals surface area (Å²) in [5.41, 5.74) is 0. The van der Waals surface area contributed by atoms with E-state index in [1.807, 2.05) is 6.92 Å². The van der Waals surface area contributed by atoms with Gasteiger partial charge in [-0.05, 0) is 6.42 Å². The van der Waals surface area contributed by atoms with Crippen molar-refractivity contribution in [2.45, 2.75) is 25.9 Å². The van der Waals surface area contributed by atoms with Crippen molar-refractivity contribution < 1.29 is 4.39 Å². The van der Waals surface area contributed by atoms with E-state index in [-0.39, 0.29) is 0 Å². The fourth-order valence-electron chi connectivity index (χ4n) is 1.08. The van der Waals surface area contributed by atoms with E-state index >= 15 is 0 Å². The molecule has 1 unspecified atom stereocenters. The Labute approximate surface area is 55.6 Å². The van der Waals surface area contributed by atoms with Gasteiger partial charge in [-0.3, -0.25) is 0 Å². The summed E-state index contributed by atoms with van der Waals surface area (Å²) in [5.74, 6) is 0.324. The van der Waals surface area contributed by atoms with Gasteiger partial charge in [0.1, 0.15) is 6.17 Å². The van der Waals surface area contributed by atoms with Crippen LogP contribution in [-0.2, 0) is 0 Å². The smallest absolute Gasteiger partial charge is 0.105 e. The highest BCUT2D eigenvalue weighted by Crippen LogP contribution is 2.16. The molecule has 54 valence electrons. The minimum Gasteiger partial charge on any atom is -0.316 e. The second kappa shape index (κ2) is 3.16. The van der Waals surface area contributed by atoms with Crippen LogP contribution < -0.4 is 5.32 Å². The summed E-state index contributed by atoms with van der Waals surface area (Å²) in [5, 5.41) is 3.06. The first-order valence-corrected chi connectivity index (χ1v) is 3.69. The van der Waals surface area contributed by atoms with Crippen LogP contribution in [0.2, 0.25) is 0 Å². The zero-order valence-electron chi connectivity index (χ0n) is 5.86. The first-order chi connectivity index (χ1) is 4.34. The largest absolute Gasteiger partial charge is 0.316 e. The van der Waals surface area contributed by atoms with E-state index in [1.165, 1.54) is 0 Å². The van der Waals surface area contributed by atoms with E-state index in [0.29, 0.717) is 5.92 Å². The molecule has 0 spiro atoms. The van der Waals surface area contributed by atoms with Gasteiger partial charge in [-0.2, -0.15) is 0 Å². The zero-order chi connectivity index (χ0) is 6.69. The van der Waals surface area contributed by atoms with Crippen LogP contribution in [-0.4, -0.2) is 19.3 Å². The van der Waals surface area contributed by atoms with Crippen molar-refractivity contribution in [1.29, 1.82) is 0 Å². The lowest BCUT2D eigenvalue weighted by molar-refractivity contribution is 0.159. The summed E-state index contributed by atoms with van der Waals surface area (Å²) in [6, 6.07) is 0. The second-order valence-corrected chi connectivity index (χ2v) is 2.72. The van der Waals surface area contributed by atoms with E-state index in [9.17, 15) is 4.39 Å². The standard InChI is InChI=1S/C7H14FN/c1-2-3-7(8)6-4-9-5-6/h6-7,9H,2-5H2,1H3. The maximum absolute atomic E-state index is 12.8. The molecule has 0 aliphatic carbocycles. The van der Waals surface area contributed by atoms with Gasteiger partial charge in [0.05, 0.1) is 0 Å². The van der Waals surface area contributed by atoms with Crippen molar-refractivity contribution in [3.8, 4) is 0 Å². The Morgan fingerprint density at radius 2 is 2.33 bits per heavy atom. The SMILES string of the molecule is CCCC(F)C1CNC1. The number of rotatable bonds is 3. The Kier molecular flexibility index (Phi) is 2.46. The summed E-state index contributed by atoms with van der Waals surface area (Å²) < 4.78 is 12.8. The van der Waals surface area contributed by atoms with Crippen molar-refractivity contribution in [3.05, 3.63) is 0 Å². The van der Waals surface area contributed by atoms with Gasteiger partial charge in [0.2, 0.25) is 0 Å². The molecule has 1 heterocycles. The van der Waals surface area contributed by atoms with Crippen molar-refractivity contribution in [2.75, 3.05) is 13.1 Å². The summed E-state index contributed by atoms with van der Waals surface area (Å²) in [6.07, 6.45) is 1.17. The molecule has 1 aliphatic rings. The molecule has 1 N–H and O–H groups in total. The van der Waals surface area contributed by atoms with Gasteiger partial charge in [0.15, 0.2) is 0 Å². The second-order valence-electron chi connectivity index (χ2n) is 2.72. The average molecular weight is 131 g/mol. The lowest BCUT2D eigenvalue weighted by atomic mass is 9.95. The Morgan fingerprint density at radius 1 is 1.67 bits per heavy atom. The fraction of sp³-hybridized carbons (Fsp3) is 1.00. The summed E-state index contributed by atoms with van der Waals surface area (Å²) >= 11 is 0. The summed E-state index contributed by atoms with van der Waals surface area (Å²) in [6.45, 7) is 3.81. The number of hydrogen-bond acceptors (Lipinski definition) is 1. The zero-order valence-corrected chi connectivity index (χ0v) is 5.86. The molecule has 0 bridgehead atoms. The highest BCUT2D eigenvalue weighted by Gasteiger charge is 2.25. The highest BCUT2D eigenvalue weighted by molar-refractivity contribution is 4.80. The van der Waals surface area contributed by atoms with Crippen molar-refractivity contribution in [1.82, 2.24) is 5.32 Å². The third-order valence-corrected chi connectivity index (χ3v) is 1.89. The molecular weight excluding hydrogens is 117 g/mol. The van der Waals surface area contributed by atoms with Crippen molar-refractivity contribution in [2.24, 2.45) is 5.92 Å². The van der Waals surface area contributed by atoms with Gasteiger partial charge >= 0.3 is 0 Å². The monoisotopic (exact) mass is 131 g/mol.